The summed E-state index contributed by atoms with van der Waals surface area (Å²) < 4.78 is 42.8. The molecule has 0 aliphatic carbocycles. The van der Waals surface area contributed by atoms with Gasteiger partial charge in [-0.15, -0.1) is 0 Å². The van der Waals surface area contributed by atoms with Crippen molar-refractivity contribution in [3.05, 3.63) is 18.2 Å². The highest BCUT2D eigenvalue weighted by atomic mass is 19.3. The van der Waals surface area contributed by atoms with Gasteiger partial charge in [0, 0.05) is 38.5 Å². The molecule has 2 aliphatic heterocycles. The summed E-state index contributed by atoms with van der Waals surface area (Å²) in [5, 5.41) is 0. The standard InChI is InChI=1S/C15H20F2N2O3/c16-15(17)3-5-19(6-4-15)10-14(18)22-11-1-2-12-13(9-11)21-8-7-20-12/h1-2,9,14H,3-8,10,18H2/t14-/m0/s1. The number of nitrogens with zero attached hydrogens (tertiary/aromatic N) is 1. The molecule has 2 N–H and O–H groups in total. The molecule has 122 valence electrons. The molecule has 0 amide bonds. The summed E-state index contributed by atoms with van der Waals surface area (Å²) in [6, 6.07) is 5.27. The Morgan fingerprint density at radius 1 is 1.18 bits per heavy atom. The van der Waals surface area contributed by atoms with Crippen molar-refractivity contribution in [2.45, 2.75) is 25.0 Å². The van der Waals surface area contributed by atoms with Crippen LogP contribution in [0.3, 0.4) is 0 Å². The first-order valence-corrected chi connectivity index (χ1v) is 7.44. The number of rotatable bonds is 4. The second-order valence-corrected chi connectivity index (χ2v) is 5.62. The van der Waals surface area contributed by atoms with Gasteiger partial charge in [-0.1, -0.05) is 0 Å². The number of fused-ring (bicyclic) bond motifs is 1. The number of alkyl halides is 2. The van der Waals surface area contributed by atoms with E-state index >= 15 is 0 Å². The number of likely N-dealkylation sites (tertiary alicyclic amines) is 1. The van der Waals surface area contributed by atoms with Crippen LogP contribution in [0.15, 0.2) is 18.2 Å². The van der Waals surface area contributed by atoms with Gasteiger partial charge in [0.05, 0.1) is 0 Å². The zero-order chi connectivity index (χ0) is 15.6. The molecular formula is C15H20F2N2O3. The Balaban J connectivity index is 1.52. The third-order valence-corrected chi connectivity index (χ3v) is 3.83. The molecule has 1 fully saturated rings. The predicted octanol–water partition coefficient (Wildman–Crippen LogP) is 1.85. The Hall–Kier alpha value is -1.60. The van der Waals surface area contributed by atoms with E-state index in [0.29, 0.717) is 50.1 Å². The quantitative estimate of drug-likeness (QED) is 0.860. The zero-order valence-corrected chi connectivity index (χ0v) is 12.3. The van der Waals surface area contributed by atoms with Crippen LogP contribution in [0.25, 0.3) is 0 Å². The molecule has 22 heavy (non-hydrogen) atoms. The van der Waals surface area contributed by atoms with Gasteiger partial charge in [0.1, 0.15) is 19.0 Å². The van der Waals surface area contributed by atoms with Crippen LogP contribution in [-0.2, 0) is 0 Å². The maximum Gasteiger partial charge on any atom is 0.250 e. The Bertz CT molecular complexity index is 518. The maximum atomic E-state index is 13.1. The molecule has 1 aromatic rings. The number of halogens is 2. The average molecular weight is 314 g/mol. The van der Waals surface area contributed by atoms with Crippen molar-refractivity contribution in [1.82, 2.24) is 4.90 Å². The van der Waals surface area contributed by atoms with E-state index in [1.54, 1.807) is 18.2 Å². The van der Waals surface area contributed by atoms with Crippen LogP contribution in [0.2, 0.25) is 0 Å². The second-order valence-electron chi connectivity index (χ2n) is 5.62. The highest BCUT2D eigenvalue weighted by molar-refractivity contribution is 5.46. The van der Waals surface area contributed by atoms with E-state index in [0.717, 1.165) is 0 Å². The van der Waals surface area contributed by atoms with Crippen LogP contribution in [0.1, 0.15) is 12.8 Å². The molecule has 1 saturated heterocycles. The van der Waals surface area contributed by atoms with Crippen molar-refractivity contribution in [3.63, 3.8) is 0 Å². The fourth-order valence-corrected chi connectivity index (χ4v) is 2.63. The molecule has 0 unspecified atom stereocenters. The number of hydrogen-bond donors (Lipinski definition) is 1. The van der Waals surface area contributed by atoms with Gasteiger partial charge in [0.2, 0.25) is 0 Å². The number of piperidine rings is 1. The summed E-state index contributed by atoms with van der Waals surface area (Å²) in [5.74, 6) is -0.643. The molecule has 0 aromatic heterocycles. The van der Waals surface area contributed by atoms with E-state index in [-0.39, 0.29) is 12.8 Å². The highest BCUT2D eigenvalue weighted by Crippen LogP contribution is 2.34. The minimum atomic E-state index is -2.54. The lowest BCUT2D eigenvalue weighted by Crippen LogP contribution is -2.46. The van der Waals surface area contributed by atoms with Crippen molar-refractivity contribution in [2.24, 2.45) is 5.73 Å². The summed E-state index contributed by atoms with van der Waals surface area (Å²) >= 11 is 0. The Morgan fingerprint density at radius 2 is 1.86 bits per heavy atom. The van der Waals surface area contributed by atoms with Gasteiger partial charge >= 0.3 is 0 Å². The van der Waals surface area contributed by atoms with Crippen LogP contribution in [0, 0.1) is 0 Å². The summed E-state index contributed by atoms with van der Waals surface area (Å²) in [5.41, 5.74) is 5.96. The third kappa shape index (κ3) is 3.78. The number of hydrogen-bond acceptors (Lipinski definition) is 5. The summed E-state index contributed by atoms with van der Waals surface area (Å²) in [6.45, 7) is 2.14. The molecule has 2 aliphatic rings. The molecular weight excluding hydrogens is 294 g/mol. The van der Waals surface area contributed by atoms with Gasteiger partial charge in [-0.25, -0.2) is 8.78 Å². The number of nitrogens with two attached hydrogens (primary N) is 1. The lowest BCUT2D eigenvalue weighted by atomic mass is 10.1. The molecule has 3 rings (SSSR count). The van der Waals surface area contributed by atoms with Crippen molar-refractivity contribution in [2.75, 3.05) is 32.8 Å². The van der Waals surface area contributed by atoms with E-state index < -0.39 is 12.2 Å². The fourth-order valence-electron chi connectivity index (χ4n) is 2.63. The molecule has 1 atom stereocenters. The highest BCUT2D eigenvalue weighted by Gasteiger charge is 2.34. The first-order chi connectivity index (χ1) is 10.5. The van der Waals surface area contributed by atoms with Crippen molar-refractivity contribution in [3.8, 4) is 17.2 Å². The first-order valence-electron chi connectivity index (χ1n) is 7.44. The zero-order valence-electron chi connectivity index (χ0n) is 12.3. The maximum absolute atomic E-state index is 13.1. The number of ether oxygens (including phenoxy) is 3. The Kier molecular flexibility index (Phi) is 4.35. The summed E-state index contributed by atoms with van der Waals surface area (Å²) in [6.07, 6.45) is -0.817. The molecule has 0 bridgehead atoms. The third-order valence-electron chi connectivity index (χ3n) is 3.83. The monoisotopic (exact) mass is 314 g/mol. The van der Waals surface area contributed by atoms with Gasteiger partial charge in [-0.05, 0) is 12.1 Å². The van der Waals surface area contributed by atoms with Gasteiger partial charge in [-0.3, -0.25) is 10.6 Å². The summed E-state index contributed by atoms with van der Waals surface area (Å²) in [4.78, 5) is 1.90. The van der Waals surface area contributed by atoms with Crippen LogP contribution < -0.4 is 19.9 Å². The molecule has 2 heterocycles. The lowest BCUT2D eigenvalue weighted by molar-refractivity contribution is -0.0597. The molecule has 0 spiro atoms. The van der Waals surface area contributed by atoms with Crippen LogP contribution in [0.4, 0.5) is 8.78 Å². The molecule has 0 saturated carbocycles. The lowest BCUT2D eigenvalue weighted by Gasteiger charge is -2.33. The molecule has 1 aromatic carbocycles. The van der Waals surface area contributed by atoms with E-state index in [1.165, 1.54) is 0 Å². The number of benzene rings is 1. The Labute approximate surface area is 127 Å². The molecule has 5 nitrogen and oxygen atoms in total. The van der Waals surface area contributed by atoms with E-state index in [2.05, 4.69) is 0 Å². The fraction of sp³-hybridized carbons (Fsp3) is 0.600. The van der Waals surface area contributed by atoms with Crippen molar-refractivity contribution >= 4 is 0 Å². The topological polar surface area (TPSA) is 57.0 Å². The minimum absolute atomic E-state index is 0.121. The van der Waals surface area contributed by atoms with Gasteiger partial charge < -0.3 is 14.2 Å². The summed E-state index contributed by atoms with van der Waals surface area (Å²) in [7, 11) is 0. The normalized spacial score (nSPS) is 22.1. The van der Waals surface area contributed by atoms with Crippen molar-refractivity contribution in [1.29, 1.82) is 0 Å². The predicted molar refractivity (Wildman–Crippen MR) is 76.7 cm³/mol. The van der Waals surface area contributed by atoms with Gasteiger partial charge in [0.15, 0.2) is 17.7 Å². The van der Waals surface area contributed by atoms with Gasteiger partial charge in [-0.2, -0.15) is 0 Å². The van der Waals surface area contributed by atoms with Crippen LogP contribution in [-0.4, -0.2) is 49.9 Å². The van der Waals surface area contributed by atoms with E-state index in [1.807, 2.05) is 4.90 Å². The van der Waals surface area contributed by atoms with Crippen molar-refractivity contribution < 1.29 is 23.0 Å². The smallest absolute Gasteiger partial charge is 0.250 e. The average Bonchev–Trinajstić information content (AvgIpc) is 2.49. The van der Waals surface area contributed by atoms with Gasteiger partial charge in [0.25, 0.3) is 5.92 Å². The van der Waals surface area contributed by atoms with Crippen LogP contribution in [0.5, 0.6) is 17.2 Å². The SMILES string of the molecule is N[C@H](CN1CCC(F)(F)CC1)Oc1ccc2c(c1)OCCO2. The van der Waals surface area contributed by atoms with E-state index in [9.17, 15) is 8.78 Å². The molecule has 7 heteroatoms. The Morgan fingerprint density at radius 3 is 2.59 bits per heavy atom. The minimum Gasteiger partial charge on any atom is -0.486 e. The largest absolute Gasteiger partial charge is 0.486 e. The van der Waals surface area contributed by atoms with E-state index in [4.69, 9.17) is 19.9 Å². The molecule has 0 radical (unpaired) electrons. The van der Waals surface area contributed by atoms with Crippen LogP contribution >= 0.6 is 0 Å². The first kappa shape index (κ1) is 15.3. The second kappa shape index (κ2) is 6.26.